The topological polar surface area (TPSA) is 84.9 Å². The summed E-state index contributed by atoms with van der Waals surface area (Å²) in [5, 5.41) is 2.47. The first-order valence-corrected chi connectivity index (χ1v) is 8.38. The second-order valence-electron chi connectivity index (χ2n) is 6.01. The van der Waals surface area contributed by atoms with E-state index >= 15 is 0 Å². The Morgan fingerprint density at radius 3 is 2.80 bits per heavy atom. The largest absolute Gasteiger partial charge is 0.497 e. The molecular weight excluding hydrogens is 324 g/mol. The lowest BCUT2D eigenvalue weighted by molar-refractivity contribution is -0.152. The number of esters is 1. The minimum atomic E-state index is -0.644. The van der Waals surface area contributed by atoms with E-state index in [1.54, 1.807) is 29.2 Å². The first-order chi connectivity index (χ1) is 12.0. The highest BCUT2D eigenvalue weighted by Crippen LogP contribution is 2.16. The predicted octanol–water partition coefficient (Wildman–Crippen LogP) is 1.37. The second-order valence-corrected chi connectivity index (χ2v) is 6.01. The van der Waals surface area contributed by atoms with Crippen LogP contribution in [-0.4, -0.2) is 55.5 Å². The Morgan fingerprint density at radius 2 is 2.08 bits per heavy atom. The summed E-state index contributed by atoms with van der Waals surface area (Å²) < 4.78 is 10.0. The Balaban J connectivity index is 1.74. The molecular formula is C18H24N2O5. The number of hydrogen-bond donors (Lipinski definition) is 1. The summed E-state index contributed by atoms with van der Waals surface area (Å²) in [4.78, 5) is 37.6. The van der Waals surface area contributed by atoms with E-state index in [2.05, 4.69) is 5.32 Å². The van der Waals surface area contributed by atoms with E-state index in [0.717, 1.165) is 19.3 Å². The van der Waals surface area contributed by atoms with Gasteiger partial charge in [0.1, 0.15) is 12.3 Å². The molecule has 1 N–H and O–H groups in total. The van der Waals surface area contributed by atoms with Crippen molar-refractivity contribution < 1.29 is 23.9 Å². The summed E-state index contributed by atoms with van der Waals surface area (Å²) >= 11 is 0. The zero-order valence-electron chi connectivity index (χ0n) is 14.6. The van der Waals surface area contributed by atoms with E-state index in [-0.39, 0.29) is 25.1 Å². The van der Waals surface area contributed by atoms with E-state index in [1.165, 1.54) is 7.11 Å². The molecule has 0 saturated carbocycles. The normalized spacial score (nSPS) is 16.9. The molecule has 7 heteroatoms. The highest BCUT2D eigenvalue weighted by molar-refractivity contribution is 5.96. The van der Waals surface area contributed by atoms with Gasteiger partial charge in [-0.25, -0.2) is 0 Å². The number of nitrogens with one attached hydrogen (secondary N) is 1. The molecule has 0 aromatic heterocycles. The van der Waals surface area contributed by atoms with Crippen molar-refractivity contribution in [1.29, 1.82) is 0 Å². The molecule has 7 nitrogen and oxygen atoms in total. The van der Waals surface area contributed by atoms with Gasteiger partial charge in [0.05, 0.1) is 7.11 Å². The monoisotopic (exact) mass is 348 g/mol. The van der Waals surface area contributed by atoms with E-state index in [4.69, 9.17) is 9.47 Å². The number of rotatable bonds is 6. The summed E-state index contributed by atoms with van der Waals surface area (Å²) in [6.07, 6.45) is 3.05. The number of piperidine rings is 1. The zero-order chi connectivity index (χ0) is 18.2. The molecule has 0 aliphatic carbocycles. The fourth-order valence-corrected chi connectivity index (χ4v) is 2.76. The fourth-order valence-electron chi connectivity index (χ4n) is 2.76. The lowest BCUT2D eigenvalue weighted by Crippen LogP contribution is -2.44. The van der Waals surface area contributed by atoms with Crippen LogP contribution in [-0.2, 0) is 14.3 Å². The lowest BCUT2D eigenvalue weighted by Gasteiger charge is -2.33. The van der Waals surface area contributed by atoms with Gasteiger partial charge in [-0.15, -0.1) is 0 Å². The number of carbonyl (C=O) groups excluding carboxylic acids is 3. The van der Waals surface area contributed by atoms with E-state index < -0.39 is 11.9 Å². The molecule has 1 fully saturated rings. The van der Waals surface area contributed by atoms with Crippen LogP contribution in [0.15, 0.2) is 24.3 Å². The van der Waals surface area contributed by atoms with Crippen LogP contribution < -0.4 is 10.1 Å². The quantitative estimate of drug-likeness (QED) is 0.785. The highest BCUT2D eigenvalue weighted by Gasteiger charge is 2.23. The summed E-state index contributed by atoms with van der Waals surface area (Å²) in [6.45, 7) is 2.11. The number of benzene rings is 1. The molecule has 0 radical (unpaired) electrons. The van der Waals surface area contributed by atoms with E-state index in [1.807, 2.05) is 6.92 Å². The van der Waals surface area contributed by atoms with Gasteiger partial charge >= 0.3 is 5.97 Å². The molecule has 1 aliphatic heterocycles. The third-order valence-corrected chi connectivity index (χ3v) is 4.21. The smallest absolute Gasteiger partial charge is 0.325 e. The van der Waals surface area contributed by atoms with Crippen molar-refractivity contribution in [1.82, 2.24) is 10.2 Å². The average Bonchev–Trinajstić information content (AvgIpc) is 2.64. The van der Waals surface area contributed by atoms with Crippen LogP contribution >= 0.6 is 0 Å². The minimum Gasteiger partial charge on any atom is -0.497 e. The molecule has 2 amide bonds. The van der Waals surface area contributed by atoms with Crippen LogP contribution in [0.1, 0.15) is 36.5 Å². The zero-order valence-corrected chi connectivity index (χ0v) is 14.6. The first-order valence-electron chi connectivity index (χ1n) is 8.38. The van der Waals surface area contributed by atoms with Crippen LogP contribution in [0.25, 0.3) is 0 Å². The number of carbonyl (C=O) groups is 3. The number of methoxy groups -OCH3 is 1. The van der Waals surface area contributed by atoms with Crippen LogP contribution in [0.2, 0.25) is 0 Å². The molecule has 0 spiro atoms. The number of nitrogens with zero attached hydrogens (tertiary/aromatic N) is 1. The summed E-state index contributed by atoms with van der Waals surface area (Å²) in [5.74, 6) is -0.697. The Kier molecular flexibility index (Phi) is 6.80. The van der Waals surface area contributed by atoms with Crippen molar-refractivity contribution in [3.8, 4) is 5.75 Å². The highest BCUT2D eigenvalue weighted by atomic mass is 16.5. The molecule has 1 heterocycles. The predicted molar refractivity (Wildman–Crippen MR) is 91.3 cm³/mol. The molecule has 2 rings (SSSR count). The molecule has 1 aromatic rings. The SMILES string of the molecule is COc1cccc(C(=O)NCC(=O)OCC(=O)N2CCCC[C@H]2C)c1. The standard InChI is InChI=1S/C18H24N2O5/c1-13-6-3-4-9-20(13)16(21)12-25-17(22)11-19-18(23)14-7-5-8-15(10-14)24-2/h5,7-8,10,13H,3-4,6,9,11-12H2,1-2H3,(H,19,23)/t13-/m1/s1. The summed E-state index contributed by atoms with van der Waals surface area (Å²) in [7, 11) is 1.51. The van der Waals surface area contributed by atoms with Crippen molar-refractivity contribution in [3.63, 3.8) is 0 Å². The summed E-state index contributed by atoms with van der Waals surface area (Å²) in [5.41, 5.74) is 0.380. The molecule has 1 aromatic carbocycles. The van der Waals surface area contributed by atoms with Gasteiger partial charge in [0.2, 0.25) is 0 Å². The van der Waals surface area contributed by atoms with Gasteiger partial charge in [-0.3, -0.25) is 14.4 Å². The number of amides is 2. The Morgan fingerprint density at radius 1 is 1.28 bits per heavy atom. The van der Waals surface area contributed by atoms with Gasteiger partial charge in [-0.2, -0.15) is 0 Å². The third kappa shape index (κ3) is 5.48. The van der Waals surface area contributed by atoms with Gasteiger partial charge in [-0.1, -0.05) is 6.07 Å². The maximum Gasteiger partial charge on any atom is 0.325 e. The van der Waals surface area contributed by atoms with Gasteiger partial charge in [0, 0.05) is 18.2 Å². The first kappa shape index (κ1) is 18.8. The van der Waals surface area contributed by atoms with Crippen LogP contribution in [0.4, 0.5) is 0 Å². The van der Waals surface area contributed by atoms with Crippen molar-refractivity contribution >= 4 is 17.8 Å². The van der Waals surface area contributed by atoms with Crippen molar-refractivity contribution in [2.75, 3.05) is 26.8 Å². The molecule has 1 atom stereocenters. The van der Waals surface area contributed by atoms with Crippen LogP contribution in [0.5, 0.6) is 5.75 Å². The van der Waals surface area contributed by atoms with Crippen LogP contribution in [0.3, 0.4) is 0 Å². The lowest BCUT2D eigenvalue weighted by atomic mass is 10.0. The van der Waals surface area contributed by atoms with Crippen molar-refractivity contribution in [3.05, 3.63) is 29.8 Å². The molecule has 25 heavy (non-hydrogen) atoms. The maximum atomic E-state index is 12.1. The van der Waals surface area contributed by atoms with Gasteiger partial charge in [0.25, 0.3) is 11.8 Å². The number of hydrogen-bond acceptors (Lipinski definition) is 5. The maximum absolute atomic E-state index is 12.1. The Hall–Kier alpha value is -2.57. The Labute approximate surface area is 147 Å². The van der Waals surface area contributed by atoms with E-state index in [0.29, 0.717) is 17.9 Å². The van der Waals surface area contributed by atoms with Crippen molar-refractivity contribution in [2.45, 2.75) is 32.2 Å². The molecule has 0 bridgehead atoms. The Bertz CT molecular complexity index is 632. The fraction of sp³-hybridized carbons (Fsp3) is 0.500. The average molecular weight is 348 g/mol. The summed E-state index contributed by atoms with van der Waals surface area (Å²) in [6, 6.07) is 6.77. The van der Waals surface area contributed by atoms with E-state index in [9.17, 15) is 14.4 Å². The number of ether oxygens (including phenoxy) is 2. The number of likely N-dealkylation sites (tertiary alicyclic amines) is 1. The molecule has 136 valence electrons. The minimum absolute atomic E-state index is 0.174. The third-order valence-electron chi connectivity index (χ3n) is 4.21. The van der Waals surface area contributed by atoms with Gasteiger partial charge in [0.15, 0.2) is 6.61 Å². The van der Waals surface area contributed by atoms with Crippen molar-refractivity contribution in [2.24, 2.45) is 0 Å². The molecule has 1 saturated heterocycles. The van der Waals surface area contributed by atoms with Gasteiger partial charge in [-0.05, 0) is 44.4 Å². The molecule has 0 unspecified atom stereocenters. The van der Waals surface area contributed by atoms with Gasteiger partial charge < -0.3 is 19.7 Å². The second kappa shape index (κ2) is 9.05. The van der Waals surface area contributed by atoms with Crippen LogP contribution in [0, 0.1) is 0 Å². The molecule has 1 aliphatic rings.